The number of thioether (sulfide) groups is 1. The van der Waals surface area contributed by atoms with Crippen LogP contribution in [0, 0.1) is 11.6 Å². The van der Waals surface area contributed by atoms with Crippen molar-refractivity contribution in [3.05, 3.63) is 29.3 Å². The first-order valence-corrected chi connectivity index (χ1v) is 7.38. The molecule has 1 fully saturated rings. The molecule has 1 aromatic rings. The highest BCUT2D eigenvalue weighted by Crippen LogP contribution is 2.22. The minimum absolute atomic E-state index is 0.0218. The van der Waals surface area contributed by atoms with Crippen LogP contribution in [-0.4, -0.2) is 30.0 Å². The Morgan fingerprint density at radius 2 is 2.11 bits per heavy atom. The lowest BCUT2D eigenvalue weighted by Gasteiger charge is -2.13. The van der Waals surface area contributed by atoms with Gasteiger partial charge in [0.2, 0.25) is 0 Å². The highest BCUT2D eigenvalue weighted by Gasteiger charge is 2.20. The molecule has 1 heterocycles. The van der Waals surface area contributed by atoms with Crippen molar-refractivity contribution >= 4 is 23.4 Å². The molecule has 1 amide bonds. The average Bonchev–Trinajstić information content (AvgIpc) is 2.86. The van der Waals surface area contributed by atoms with E-state index in [-0.39, 0.29) is 17.3 Å². The van der Waals surface area contributed by atoms with Gasteiger partial charge in [-0.15, -0.1) is 0 Å². The maximum absolute atomic E-state index is 13.7. The summed E-state index contributed by atoms with van der Waals surface area (Å²) in [4.78, 5) is 11.9. The molecular formula is C13H16F2N2OS. The highest BCUT2D eigenvalue weighted by atomic mass is 32.2. The summed E-state index contributed by atoms with van der Waals surface area (Å²) in [7, 11) is 0. The third-order valence-electron chi connectivity index (χ3n) is 2.92. The van der Waals surface area contributed by atoms with E-state index < -0.39 is 17.5 Å². The third-order valence-corrected chi connectivity index (χ3v) is 4.09. The van der Waals surface area contributed by atoms with Gasteiger partial charge >= 0.3 is 0 Å². The van der Waals surface area contributed by atoms with Gasteiger partial charge < -0.3 is 10.6 Å². The Morgan fingerprint density at radius 1 is 1.42 bits per heavy atom. The maximum atomic E-state index is 13.7. The average molecular weight is 286 g/mol. The molecule has 0 spiro atoms. The van der Waals surface area contributed by atoms with Crippen LogP contribution in [0.3, 0.4) is 0 Å². The van der Waals surface area contributed by atoms with E-state index >= 15 is 0 Å². The Hall–Kier alpha value is -1.30. The number of carbonyl (C=O) groups is 1. The molecule has 1 aliphatic rings. The second kappa shape index (κ2) is 6.23. The van der Waals surface area contributed by atoms with E-state index in [0.717, 1.165) is 30.1 Å². The number of benzene rings is 1. The Balaban J connectivity index is 2.13. The summed E-state index contributed by atoms with van der Waals surface area (Å²) in [6, 6.07) is 2.23. The number of hydrogen-bond donors (Lipinski definition) is 2. The van der Waals surface area contributed by atoms with E-state index in [9.17, 15) is 13.6 Å². The fourth-order valence-corrected chi connectivity index (χ4v) is 3.12. The van der Waals surface area contributed by atoms with Crippen molar-refractivity contribution < 1.29 is 13.6 Å². The van der Waals surface area contributed by atoms with Crippen molar-refractivity contribution in [2.45, 2.75) is 19.4 Å². The van der Waals surface area contributed by atoms with Gasteiger partial charge in [0.1, 0.15) is 17.3 Å². The first-order valence-electron chi connectivity index (χ1n) is 6.23. The second-order valence-corrected chi connectivity index (χ2v) is 5.53. The minimum atomic E-state index is -0.743. The smallest absolute Gasteiger partial charge is 0.251 e. The standard InChI is InChI=1S/C13H16F2N2OS/c1-2-16-12-10(14)5-8(6-11(12)15)13(18)17-9-3-4-19-7-9/h5-6,9,16H,2-4,7H2,1H3,(H,17,18). The number of anilines is 1. The van der Waals surface area contributed by atoms with E-state index in [1.54, 1.807) is 18.7 Å². The van der Waals surface area contributed by atoms with Crippen LogP contribution in [0.15, 0.2) is 12.1 Å². The molecule has 1 atom stereocenters. The summed E-state index contributed by atoms with van der Waals surface area (Å²) in [5.41, 5.74) is -0.163. The molecule has 3 nitrogen and oxygen atoms in total. The van der Waals surface area contributed by atoms with Gasteiger partial charge in [-0.2, -0.15) is 11.8 Å². The van der Waals surface area contributed by atoms with Gasteiger partial charge in [-0.1, -0.05) is 0 Å². The predicted octanol–water partition coefficient (Wildman–Crippen LogP) is 2.63. The molecule has 2 N–H and O–H groups in total. The maximum Gasteiger partial charge on any atom is 0.251 e. The summed E-state index contributed by atoms with van der Waals surface area (Å²) in [6.45, 7) is 2.16. The summed E-state index contributed by atoms with van der Waals surface area (Å²) < 4.78 is 27.4. The van der Waals surface area contributed by atoms with Crippen LogP contribution in [0.25, 0.3) is 0 Å². The zero-order valence-electron chi connectivity index (χ0n) is 10.6. The number of halogens is 2. The monoisotopic (exact) mass is 286 g/mol. The van der Waals surface area contributed by atoms with Crippen LogP contribution in [-0.2, 0) is 0 Å². The number of hydrogen-bond acceptors (Lipinski definition) is 3. The SMILES string of the molecule is CCNc1c(F)cc(C(=O)NC2CCSC2)cc1F. The first kappa shape index (κ1) is 14.1. The van der Waals surface area contributed by atoms with Gasteiger partial charge in [-0.3, -0.25) is 4.79 Å². The number of carbonyl (C=O) groups excluding carboxylic acids is 1. The molecule has 2 rings (SSSR count). The Morgan fingerprint density at radius 3 is 2.63 bits per heavy atom. The molecule has 0 aromatic heterocycles. The molecule has 0 radical (unpaired) electrons. The number of amides is 1. The van der Waals surface area contributed by atoms with E-state index in [1.165, 1.54) is 0 Å². The van der Waals surface area contributed by atoms with E-state index in [1.807, 2.05) is 0 Å². The van der Waals surface area contributed by atoms with Crippen molar-refractivity contribution in [3.8, 4) is 0 Å². The van der Waals surface area contributed by atoms with Crippen LogP contribution >= 0.6 is 11.8 Å². The normalized spacial score (nSPS) is 18.4. The Bertz CT molecular complexity index is 453. The quantitative estimate of drug-likeness (QED) is 0.894. The summed E-state index contributed by atoms with van der Waals surface area (Å²) in [6.07, 6.45) is 0.900. The van der Waals surface area contributed by atoms with E-state index in [0.29, 0.717) is 6.54 Å². The molecule has 1 aliphatic heterocycles. The lowest BCUT2D eigenvalue weighted by Crippen LogP contribution is -2.34. The van der Waals surface area contributed by atoms with Crippen molar-refractivity contribution in [1.29, 1.82) is 0 Å². The van der Waals surface area contributed by atoms with Crippen LogP contribution < -0.4 is 10.6 Å². The fraction of sp³-hybridized carbons (Fsp3) is 0.462. The molecule has 1 unspecified atom stereocenters. The lowest BCUT2D eigenvalue weighted by molar-refractivity contribution is 0.0940. The van der Waals surface area contributed by atoms with E-state index in [4.69, 9.17) is 0 Å². The fourth-order valence-electron chi connectivity index (χ4n) is 1.97. The molecule has 1 aromatic carbocycles. The molecule has 19 heavy (non-hydrogen) atoms. The van der Waals surface area contributed by atoms with Crippen molar-refractivity contribution in [2.75, 3.05) is 23.4 Å². The summed E-state index contributed by atoms with van der Waals surface area (Å²) in [5.74, 6) is -0.0481. The first-order chi connectivity index (χ1) is 9.11. The third kappa shape index (κ3) is 3.37. The summed E-state index contributed by atoms with van der Waals surface area (Å²) >= 11 is 1.76. The van der Waals surface area contributed by atoms with Gasteiger partial charge in [0.25, 0.3) is 5.91 Å². The topological polar surface area (TPSA) is 41.1 Å². The molecule has 1 saturated heterocycles. The van der Waals surface area contributed by atoms with Gasteiger partial charge in [0.15, 0.2) is 0 Å². The molecule has 6 heteroatoms. The molecule has 0 aliphatic carbocycles. The van der Waals surface area contributed by atoms with Gasteiger partial charge in [0.05, 0.1) is 0 Å². The van der Waals surface area contributed by atoms with Crippen LogP contribution in [0.2, 0.25) is 0 Å². The second-order valence-electron chi connectivity index (χ2n) is 4.38. The number of rotatable bonds is 4. The Kier molecular flexibility index (Phi) is 4.63. The lowest BCUT2D eigenvalue weighted by atomic mass is 10.1. The summed E-state index contributed by atoms with van der Waals surface area (Å²) in [5, 5.41) is 5.39. The Labute approximate surface area is 115 Å². The minimum Gasteiger partial charge on any atom is -0.381 e. The van der Waals surface area contributed by atoms with Crippen molar-refractivity contribution in [3.63, 3.8) is 0 Å². The molecule has 0 saturated carbocycles. The molecule has 104 valence electrons. The van der Waals surface area contributed by atoms with Crippen LogP contribution in [0.5, 0.6) is 0 Å². The van der Waals surface area contributed by atoms with Crippen molar-refractivity contribution in [2.24, 2.45) is 0 Å². The van der Waals surface area contributed by atoms with E-state index in [2.05, 4.69) is 10.6 Å². The van der Waals surface area contributed by atoms with Gasteiger partial charge in [0, 0.05) is 23.9 Å². The van der Waals surface area contributed by atoms with Crippen LogP contribution in [0.1, 0.15) is 23.7 Å². The number of nitrogens with one attached hydrogen (secondary N) is 2. The molecule has 0 bridgehead atoms. The zero-order valence-corrected chi connectivity index (χ0v) is 11.4. The van der Waals surface area contributed by atoms with Crippen LogP contribution in [0.4, 0.5) is 14.5 Å². The van der Waals surface area contributed by atoms with Gasteiger partial charge in [-0.05, 0) is 31.2 Å². The van der Waals surface area contributed by atoms with Gasteiger partial charge in [-0.25, -0.2) is 8.78 Å². The predicted molar refractivity (Wildman–Crippen MR) is 73.7 cm³/mol. The zero-order chi connectivity index (χ0) is 13.8. The molecular weight excluding hydrogens is 270 g/mol. The highest BCUT2D eigenvalue weighted by molar-refractivity contribution is 7.99. The van der Waals surface area contributed by atoms with Crippen molar-refractivity contribution in [1.82, 2.24) is 5.32 Å². The largest absolute Gasteiger partial charge is 0.381 e.